The minimum absolute atomic E-state index is 0.0590. The highest BCUT2D eigenvalue weighted by Crippen LogP contribution is 2.63. The van der Waals surface area contributed by atoms with Crippen LogP contribution >= 0.6 is 0 Å². The molecule has 11 rings (SSSR count). The quantitative estimate of drug-likeness (QED) is 0.0851. The van der Waals surface area contributed by atoms with Crippen molar-refractivity contribution in [2.45, 2.75) is 102 Å². The summed E-state index contributed by atoms with van der Waals surface area (Å²) in [6.45, 7) is 20.1. The SMILES string of the molecule is CCC(C)(C)c1ccc2nc(-c3ccc(-c4nc5cc6c(cc5[nH]4)C6(C)C(C)(CC)c4ccc5nc(-c6cc(-c7nc8ccc(C(C)(C)C)cc8[nH]7)cc(S(=O)(=O)O)c6)[nH]c5c4)cc3)[nH]c2c1. The summed E-state index contributed by atoms with van der Waals surface area (Å²) in [6.07, 6.45) is 1.94. The highest BCUT2D eigenvalue weighted by atomic mass is 32.2. The van der Waals surface area contributed by atoms with Gasteiger partial charge in [0.25, 0.3) is 10.1 Å². The molecule has 6 aromatic carbocycles. The molecule has 4 aromatic heterocycles. The van der Waals surface area contributed by atoms with E-state index in [1.807, 2.05) is 18.2 Å². The van der Waals surface area contributed by atoms with E-state index in [-0.39, 0.29) is 26.6 Å². The topological polar surface area (TPSA) is 169 Å². The lowest BCUT2D eigenvalue weighted by molar-refractivity contribution is 0.344. The Morgan fingerprint density at radius 2 is 0.910 bits per heavy atom. The normalized spacial score (nSPS) is 14.9. The summed E-state index contributed by atoms with van der Waals surface area (Å²) in [6, 6.07) is 36.6. The summed E-state index contributed by atoms with van der Waals surface area (Å²) < 4.78 is 35.5. The number of hydrogen-bond donors (Lipinski definition) is 5. The molecule has 5 N–H and O–H groups in total. The van der Waals surface area contributed by atoms with Crippen molar-refractivity contribution in [2.75, 3.05) is 0 Å². The summed E-state index contributed by atoms with van der Waals surface area (Å²) in [5.41, 5.74) is 15.9. The molecule has 11 nitrogen and oxygen atoms in total. The number of aromatic amines is 4. The molecule has 12 heteroatoms. The van der Waals surface area contributed by atoms with Gasteiger partial charge in [-0.05, 0) is 118 Å². The first-order valence-electron chi connectivity index (χ1n) is 23.1. The maximum Gasteiger partial charge on any atom is 0.294 e. The Balaban J connectivity index is 0.870. The van der Waals surface area contributed by atoms with Crippen LogP contribution < -0.4 is 0 Å². The van der Waals surface area contributed by atoms with Crippen LogP contribution in [0.4, 0.5) is 0 Å². The zero-order valence-corrected chi connectivity index (χ0v) is 40.1. The summed E-state index contributed by atoms with van der Waals surface area (Å²) in [5, 5.41) is 0. The first-order chi connectivity index (χ1) is 31.7. The number of benzene rings is 6. The fraction of sp³-hybridized carbons (Fsp3) is 0.273. The summed E-state index contributed by atoms with van der Waals surface area (Å²) in [5.74, 6) is 2.64. The van der Waals surface area contributed by atoms with Crippen LogP contribution in [0.1, 0.15) is 103 Å². The maximum atomic E-state index is 12.6. The van der Waals surface area contributed by atoms with Gasteiger partial charge in [0, 0.05) is 33.1 Å². The molecule has 10 aromatic rings. The van der Waals surface area contributed by atoms with Gasteiger partial charge in [0.1, 0.15) is 23.3 Å². The molecule has 1 aliphatic rings. The Morgan fingerprint density at radius 3 is 1.39 bits per heavy atom. The van der Waals surface area contributed by atoms with E-state index in [2.05, 4.69) is 161 Å². The lowest BCUT2D eigenvalue weighted by Gasteiger charge is -2.37. The van der Waals surface area contributed by atoms with E-state index < -0.39 is 10.1 Å². The Hall–Kier alpha value is -6.89. The van der Waals surface area contributed by atoms with E-state index in [9.17, 15) is 13.0 Å². The smallest absolute Gasteiger partial charge is 0.294 e. The molecule has 338 valence electrons. The number of rotatable bonds is 10. The summed E-state index contributed by atoms with van der Waals surface area (Å²) in [7, 11) is -4.56. The Morgan fingerprint density at radius 1 is 0.493 bits per heavy atom. The van der Waals surface area contributed by atoms with Crippen LogP contribution in [-0.2, 0) is 31.8 Å². The molecule has 67 heavy (non-hydrogen) atoms. The highest BCUT2D eigenvalue weighted by molar-refractivity contribution is 7.85. The lowest BCUT2D eigenvalue weighted by Crippen LogP contribution is -2.35. The van der Waals surface area contributed by atoms with Gasteiger partial charge in [-0.1, -0.05) is 105 Å². The lowest BCUT2D eigenvalue weighted by atomic mass is 9.66. The first-order valence-corrected chi connectivity index (χ1v) is 24.5. The third kappa shape index (κ3) is 6.90. The Kier molecular flexibility index (Phi) is 9.28. The molecule has 0 spiro atoms. The number of nitrogens with zero attached hydrogens (tertiary/aromatic N) is 4. The van der Waals surface area contributed by atoms with E-state index in [0.717, 1.165) is 90.9 Å². The molecule has 0 fully saturated rings. The Labute approximate surface area is 389 Å². The molecule has 2 atom stereocenters. The van der Waals surface area contributed by atoms with Crippen molar-refractivity contribution in [1.82, 2.24) is 39.9 Å². The van der Waals surface area contributed by atoms with Crippen molar-refractivity contribution in [3.8, 4) is 45.6 Å². The van der Waals surface area contributed by atoms with Crippen molar-refractivity contribution < 1.29 is 13.0 Å². The predicted molar refractivity (Wildman–Crippen MR) is 269 cm³/mol. The van der Waals surface area contributed by atoms with E-state index in [4.69, 9.17) is 19.9 Å². The molecular weight excluding hydrogens is 853 g/mol. The van der Waals surface area contributed by atoms with Gasteiger partial charge in [0.2, 0.25) is 0 Å². The van der Waals surface area contributed by atoms with Gasteiger partial charge in [-0.2, -0.15) is 8.42 Å². The second-order valence-electron chi connectivity index (χ2n) is 20.5. The van der Waals surface area contributed by atoms with Crippen molar-refractivity contribution >= 4 is 54.3 Å². The number of fused-ring (bicyclic) bond motifs is 5. The molecule has 2 unspecified atom stereocenters. The van der Waals surface area contributed by atoms with Crippen LogP contribution in [0.2, 0.25) is 0 Å². The average Bonchev–Trinajstić information content (AvgIpc) is 3.95. The average molecular weight is 907 g/mol. The second-order valence-corrected chi connectivity index (χ2v) is 22.0. The second kappa shape index (κ2) is 14.6. The van der Waals surface area contributed by atoms with Gasteiger partial charge in [0.05, 0.1) is 49.0 Å². The van der Waals surface area contributed by atoms with Gasteiger partial charge in [-0.3, -0.25) is 4.55 Å². The molecule has 0 aliphatic heterocycles. The molecule has 4 heterocycles. The van der Waals surface area contributed by atoms with E-state index >= 15 is 0 Å². The van der Waals surface area contributed by atoms with Crippen molar-refractivity contribution in [1.29, 1.82) is 0 Å². The molecule has 1 aliphatic carbocycles. The number of nitrogens with one attached hydrogen (secondary N) is 4. The summed E-state index contributed by atoms with van der Waals surface area (Å²) in [4.78, 5) is 33.5. The first kappa shape index (κ1) is 42.7. The van der Waals surface area contributed by atoms with Gasteiger partial charge in [0.15, 0.2) is 0 Å². The molecule has 0 saturated carbocycles. The molecular formula is C55H54N8O3S. The van der Waals surface area contributed by atoms with E-state index in [1.54, 1.807) is 0 Å². The fourth-order valence-electron chi connectivity index (χ4n) is 10.0. The van der Waals surface area contributed by atoms with Crippen molar-refractivity contribution in [3.63, 3.8) is 0 Å². The largest absolute Gasteiger partial charge is 0.338 e. The van der Waals surface area contributed by atoms with E-state index in [0.29, 0.717) is 22.8 Å². The van der Waals surface area contributed by atoms with Crippen LogP contribution in [0.3, 0.4) is 0 Å². The number of aromatic nitrogens is 8. The van der Waals surface area contributed by atoms with Crippen LogP contribution in [-0.4, -0.2) is 52.8 Å². The molecule has 0 bridgehead atoms. The minimum Gasteiger partial charge on any atom is -0.338 e. The van der Waals surface area contributed by atoms with Crippen LogP contribution in [0.25, 0.3) is 89.7 Å². The third-order valence-corrected chi connectivity index (χ3v) is 16.1. The monoisotopic (exact) mass is 906 g/mol. The van der Waals surface area contributed by atoms with Gasteiger partial charge in [-0.25, -0.2) is 19.9 Å². The Bertz CT molecular complexity index is 3710. The highest BCUT2D eigenvalue weighted by Gasteiger charge is 2.58. The number of H-pyrrole nitrogens is 4. The van der Waals surface area contributed by atoms with Gasteiger partial charge in [-0.15, -0.1) is 0 Å². The van der Waals surface area contributed by atoms with Crippen LogP contribution in [0.15, 0.2) is 114 Å². The fourth-order valence-corrected chi connectivity index (χ4v) is 10.6. The third-order valence-electron chi connectivity index (χ3n) is 15.2. The van der Waals surface area contributed by atoms with Gasteiger partial charge >= 0.3 is 0 Å². The number of imidazole rings is 4. The van der Waals surface area contributed by atoms with E-state index in [1.165, 1.54) is 28.8 Å². The zero-order chi connectivity index (χ0) is 47.0. The molecule has 0 saturated heterocycles. The van der Waals surface area contributed by atoms with Crippen molar-refractivity contribution in [2.24, 2.45) is 0 Å². The maximum absolute atomic E-state index is 12.6. The number of hydrogen-bond acceptors (Lipinski definition) is 6. The van der Waals surface area contributed by atoms with Crippen LogP contribution in [0.5, 0.6) is 0 Å². The summed E-state index contributed by atoms with van der Waals surface area (Å²) >= 11 is 0. The molecule has 0 radical (unpaired) electrons. The standard InChI is InChI=1S/C55H54N8O3S/c1-10-53(6,7)35-17-20-41-44(26-35)59-48(56-41)30-12-14-31(15-13-30)49-62-46-28-38-39(29-47(46)63-49)55(38,9)54(8,11-2)36-18-21-42-45(27-36)61-51(58-42)33-22-32(23-37(24-33)67(64,65)66)50-57-40-19-16-34(52(3,4)5)25-43(40)60-50/h12-29H,10-11H2,1-9H3,(H,56,59)(H,57,60)(H,58,61)(H,62,63)(H,64,65,66). The van der Waals surface area contributed by atoms with Gasteiger partial charge < -0.3 is 19.9 Å². The molecule has 0 amide bonds. The van der Waals surface area contributed by atoms with Crippen LogP contribution in [0, 0.1) is 0 Å². The zero-order valence-electron chi connectivity index (χ0n) is 39.3. The predicted octanol–water partition coefficient (Wildman–Crippen LogP) is 13.1. The minimum atomic E-state index is -4.56. The van der Waals surface area contributed by atoms with Crippen molar-refractivity contribution in [3.05, 3.63) is 137 Å².